The molecular formula is C18H14N4O3S3. The maximum absolute atomic E-state index is 12.7. The molecule has 0 aliphatic heterocycles. The summed E-state index contributed by atoms with van der Waals surface area (Å²) in [5, 5.41) is 5.51. The van der Waals surface area contributed by atoms with Gasteiger partial charge in [0.1, 0.15) is 0 Å². The highest BCUT2D eigenvalue weighted by atomic mass is 32.2. The number of nitrogens with zero attached hydrogens (tertiary/aromatic N) is 3. The van der Waals surface area contributed by atoms with E-state index >= 15 is 0 Å². The van der Waals surface area contributed by atoms with E-state index in [9.17, 15) is 13.2 Å². The molecule has 4 aromatic rings. The highest BCUT2D eigenvalue weighted by molar-refractivity contribution is 7.89. The summed E-state index contributed by atoms with van der Waals surface area (Å²) in [5.74, 6) is -0.447. The summed E-state index contributed by atoms with van der Waals surface area (Å²) in [5.41, 5.74) is 1.49. The fourth-order valence-corrected chi connectivity index (χ4v) is 5.26. The molecule has 28 heavy (non-hydrogen) atoms. The number of aromatic nitrogens is 2. The first-order chi connectivity index (χ1) is 13.4. The van der Waals surface area contributed by atoms with Gasteiger partial charge in [-0.05, 0) is 30.3 Å². The number of nitrogens with two attached hydrogens (primary N) is 1. The number of para-hydroxylation sites is 1. The first kappa shape index (κ1) is 18.7. The number of primary sulfonamides is 1. The van der Waals surface area contributed by atoms with Gasteiger partial charge in [-0.1, -0.05) is 29.5 Å². The molecule has 0 spiro atoms. The smallest absolute Gasteiger partial charge is 0.308 e. The van der Waals surface area contributed by atoms with Gasteiger partial charge in [0.2, 0.25) is 10.0 Å². The summed E-state index contributed by atoms with van der Waals surface area (Å²) in [6.45, 7) is 4.15. The van der Waals surface area contributed by atoms with Crippen LogP contribution in [0.5, 0.6) is 0 Å². The van der Waals surface area contributed by atoms with Crippen molar-refractivity contribution in [2.24, 2.45) is 10.1 Å². The SMILES string of the molecule is C=CCn1c(=NC(=O)c2nc3ccccc3s2)sc2cc(S(N)(=O)=O)ccc21. The predicted octanol–water partition coefficient (Wildman–Crippen LogP) is 2.89. The number of sulfonamides is 1. The minimum absolute atomic E-state index is 0.0102. The van der Waals surface area contributed by atoms with Crippen LogP contribution in [0.4, 0.5) is 0 Å². The Morgan fingerprint density at radius 3 is 2.71 bits per heavy atom. The summed E-state index contributed by atoms with van der Waals surface area (Å²) < 4.78 is 26.6. The Morgan fingerprint density at radius 1 is 1.21 bits per heavy atom. The largest absolute Gasteiger partial charge is 0.312 e. The van der Waals surface area contributed by atoms with Crippen molar-refractivity contribution in [2.45, 2.75) is 11.4 Å². The second-order valence-corrected chi connectivity index (χ2v) is 9.46. The Bertz CT molecular complexity index is 1380. The molecule has 0 saturated carbocycles. The molecule has 0 unspecified atom stereocenters. The first-order valence-electron chi connectivity index (χ1n) is 8.08. The van der Waals surface area contributed by atoms with Crippen molar-refractivity contribution in [1.29, 1.82) is 0 Å². The monoisotopic (exact) mass is 430 g/mol. The van der Waals surface area contributed by atoms with E-state index in [4.69, 9.17) is 5.14 Å². The van der Waals surface area contributed by atoms with Gasteiger partial charge in [0.15, 0.2) is 9.81 Å². The molecule has 7 nitrogen and oxygen atoms in total. The average molecular weight is 431 g/mol. The van der Waals surface area contributed by atoms with Crippen molar-refractivity contribution in [3.63, 3.8) is 0 Å². The lowest BCUT2D eigenvalue weighted by atomic mass is 10.3. The fraction of sp³-hybridized carbons (Fsp3) is 0.0556. The maximum Gasteiger partial charge on any atom is 0.308 e. The van der Waals surface area contributed by atoms with E-state index in [1.54, 1.807) is 16.7 Å². The van der Waals surface area contributed by atoms with Gasteiger partial charge in [0.05, 0.1) is 25.3 Å². The Kier molecular flexibility index (Phi) is 4.71. The molecule has 0 saturated heterocycles. The number of hydrogen-bond acceptors (Lipinski definition) is 6. The summed E-state index contributed by atoms with van der Waals surface area (Å²) in [7, 11) is -3.82. The van der Waals surface area contributed by atoms with Crippen molar-refractivity contribution in [3.05, 3.63) is 64.9 Å². The van der Waals surface area contributed by atoms with Crippen LogP contribution in [0, 0.1) is 0 Å². The van der Waals surface area contributed by atoms with Gasteiger partial charge < -0.3 is 4.57 Å². The molecular weight excluding hydrogens is 416 g/mol. The third-order valence-electron chi connectivity index (χ3n) is 3.97. The lowest BCUT2D eigenvalue weighted by molar-refractivity contribution is 0.0997. The van der Waals surface area contributed by atoms with Gasteiger partial charge in [-0.2, -0.15) is 4.99 Å². The minimum atomic E-state index is -3.82. The average Bonchev–Trinajstić information content (AvgIpc) is 3.23. The zero-order valence-corrected chi connectivity index (χ0v) is 16.9. The molecule has 0 bridgehead atoms. The molecule has 2 aromatic carbocycles. The van der Waals surface area contributed by atoms with Crippen LogP contribution in [0.25, 0.3) is 20.4 Å². The van der Waals surface area contributed by atoms with Crippen LogP contribution in [-0.4, -0.2) is 23.9 Å². The van der Waals surface area contributed by atoms with Crippen LogP contribution < -0.4 is 9.94 Å². The van der Waals surface area contributed by atoms with Gasteiger partial charge in [0, 0.05) is 6.54 Å². The molecule has 4 rings (SSSR count). The number of carbonyl (C=O) groups is 1. The lowest BCUT2D eigenvalue weighted by Crippen LogP contribution is -2.16. The number of hydrogen-bond donors (Lipinski definition) is 1. The van der Waals surface area contributed by atoms with Gasteiger partial charge in [-0.25, -0.2) is 18.5 Å². The zero-order chi connectivity index (χ0) is 19.9. The number of carbonyl (C=O) groups excluding carboxylic acids is 1. The van der Waals surface area contributed by atoms with E-state index in [2.05, 4.69) is 16.6 Å². The van der Waals surface area contributed by atoms with Crippen LogP contribution in [0.1, 0.15) is 9.80 Å². The van der Waals surface area contributed by atoms with E-state index in [1.807, 2.05) is 24.3 Å². The van der Waals surface area contributed by atoms with Crippen LogP contribution in [0.2, 0.25) is 0 Å². The Balaban J connectivity index is 1.86. The fourth-order valence-electron chi connectivity index (χ4n) is 2.72. The molecule has 0 aliphatic carbocycles. The number of allylic oxidation sites excluding steroid dienone is 1. The molecule has 0 atom stereocenters. The summed E-state index contributed by atoms with van der Waals surface area (Å²) >= 11 is 2.49. The standard InChI is InChI=1S/C18H14N4O3S3/c1-2-9-22-13-8-7-11(28(19,24)25)10-15(13)27-18(22)21-16(23)17-20-12-5-3-4-6-14(12)26-17/h2-8,10H,1,9H2,(H2,19,24,25). The van der Waals surface area contributed by atoms with Crippen LogP contribution in [0.15, 0.2) is 65.0 Å². The lowest BCUT2D eigenvalue weighted by Gasteiger charge is -2.02. The highest BCUT2D eigenvalue weighted by Gasteiger charge is 2.15. The Hall–Kier alpha value is -2.66. The molecule has 2 heterocycles. The third kappa shape index (κ3) is 3.42. The minimum Gasteiger partial charge on any atom is -0.312 e. The molecule has 142 valence electrons. The normalized spacial score (nSPS) is 12.7. The number of thiazole rings is 2. The van der Waals surface area contributed by atoms with Crippen molar-refractivity contribution in [1.82, 2.24) is 9.55 Å². The predicted molar refractivity (Wildman–Crippen MR) is 111 cm³/mol. The van der Waals surface area contributed by atoms with Gasteiger partial charge >= 0.3 is 5.91 Å². The van der Waals surface area contributed by atoms with Crippen molar-refractivity contribution in [2.75, 3.05) is 0 Å². The number of amides is 1. The summed E-state index contributed by atoms with van der Waals surface area (Å²) in [6, 6.07) is 12.1. The van der Waals surface area contributed by atoms with E-state index < -0.39 is 15.9 Å². The van der Waals surface area contributed by atoms with Crippen molar-refractivity contribution in [3.8, 4) is 0 Å². The van der Waals surface area contributed by atoms with E-state index in [1.165, 1.54) is 34.8 Å². The van der Waals surface area contributed by atoms with Crippen LogP contribution in [-0.2, 0) is 16.6 Å². The molecule has 10 heteroatoms. The first-order valence-corrected chi connectivity index (χ1v) is 11.3. The number of benzene rings is 2. The molecule has 2 aromatic heterocycles. The third-order valence-corrected chi connectivity index (χ3v) is 6.94. The van der Waals surface area contributed by atoms with Gasteiger partial charge in [-0.3, -0.25) is 4.79 Å². The summed E-state index contributed by atoms with van der Waals surface area (Å²) in [4.78, 5) is 21.7. The molecule has 0 radical (unpaired) electrons. The zero-order valence-electron chi connectivity index (χ0n) is 14.4. The van der Waals surface area contributed by atoms with Gasteiger partial charge in [-0.15, -0.1) is 17.9 Å². The second kappa shape index (κ2) is 7.06. The molecule has 1 amide bonds. The topological polar surface area (TPSA) is 107 Å². The van der Waals surface area contributed by atoms with Crippen LogP contribution >= 0.6 is 22.7 Å². The Morgan fingerprint density at radius 2 is 2.00 bits per heavy atom. The molecule has 0 aliphatic rings. The molecule has 2 N–H and O–H groups in total. The Labute approximate surface area is 168 Å². The van der Waals surface area contributed by atoms with Gasteiger partial charge in [0.25, 0.3) is 0 Å². The van der Waals surface area contributed by atoms with E-state index in [0.29, 0.717) is 21.1 Å². The van der Waals surface area contributed by atoms with Crippen LogP contribution in [0.3, 0.4) is 0 Å². The summed E-state index contributed by atoms with van der Waals surface area (Å²) in [6.07, 6.45) is 1.68. The number of fused-ring (bicyclic) bond motifs is 2. The van der Waals surface area contributed by atoms with Crippen molar-refractivity contribution < 1.29 is 13.2 Å². The maximum atomic E-state index is 12.7. The highest BCUT2D eigenvalue weighted by Crippen LogP contribution is 2.23. The van der Waals surface area contributed by atoms with E-state index in [0.717, 1.165) is 15.7 Å². The number of rotatable bonds is 4. The second-order valence-electron chi connectivity index (χ2n) is 5.86. The quantitative estimate of drug-likeness (QED) is 0.502. The molecule has 0 fully saturated rings. The van der Waals surface area contributed by atoms with E-state index in [-0.39, 0.29) is 4.90 Å². The van der Waals surface area contributed by atoms with Crippen molar-refractivity contribution >= 4 is 59.0 Å².